The van der Waals surface area contributed by atoms with Crippen LogP contribution < -0.4 is 9.47 Å². The Hall–Kier alpha value is -2.56. The van der Waals surface area contributed by atoms with E-state index in [9.17, 15) is 9.18 Å². The number of amides is 1. The first-order chi connectivity index (χ1) is 11.7. The molecule has 0 spiro atoms. The second kappa shape index (κ2) is 7.34. The third-order valence-electron chi connectivity index (χ3n) is 4.23. The molecule has 1 unspecified atom stereocenters. The molecule has 0 saturated carbocycles. The predicted octanol–water partition coefficient (Wildman–Crippen LogP) is 3.58. The van der Waals surface area contributed by atoms with Crippen LogP contribution in [0.15, 0.2) is 48.5 Å². The molecular formula is C19H20FNO3. The van der Waals surface area contributed by atoms with E-state index in [0.29, 0.717) is 12.3 Å². The van der Waals surface area contributed by atoms with Crippen LogP contribution in [0.25, 0.3) is 0 Å². The van der Waals surface area contributed by atoms with Crippen LogP contribution in [-0.4, -0.2) is 31.1 Å². The topological polar surface area (TPSA) is 38.8 Å². The fourth-order valence-corrected chi connectivity index (χ4v) is 3.02. The molecule has 2 aromatic carbocycles. The molecule has 126 valence electrons. The van der Waals surface area contributed by atoms with Gasteiger partial charge in [0.2, 0.25) is 0 Å². The van der Waals surface area contributed by atoms with Crippen molar-refractivity contribution in [1.82, 2.24) is 4.90 Å². The van der Waals surface area contributed by atoms with Gasteiger partial charge in [0.05, 0.1) is 13.2 Å². The number of benzene rings is 2. The van der Waals surface area contributed by atoms with Crippen molar-refractivity contribution < 1.29 is 18.7 Å². The summed E-state index contributed by atoms with van der Waals surface area (Å²) in [5, 5.41) is 0. The quantitative estimate of drug-likeness (QED) is 0.842. The fraction of sp³-hybridized carbons (Fsp3) is 0.316. The smallest absolute Gasteiger partial charge is 0.261 e. The minimum Gasteiger partial charge on any atom is -0.497 e. The predicted molar refractivity (Wildman–Crippen MR) is 88.6 cm³/mol. The van der Waals surface area contributed by atoms with E-state index in [-0.39, 0.29) is 24.4 Å². The third kappa shape index (κ3) is 3.67. The van der Waals surface area contributed by atoms with Gasteiger partial charge >= 0.3 is 0 Å². The molecule has 1 aliphatic rings. The van der Waals surface area contributed by atoms with Gasteiger partial charge in [-0.2, -0.15) is 0 Å². The summed E-state index contributed by atoms with van der Waals surface area (Å²) in [6, 6.07) is 13.5. The van der Waals surface area contributed by atoms with Gasteiger partial charge < -0.3 is 14.4 Å². The summed E-state index contributed by atoms with van der Waals surface area (Å²) < 4.78 is 23.6. The third-order valence-corrected chi connectivity index (χ3v) is 4.23. The van der Waals surface area contributed by atoms with Gasteiger partial charge in [-0.3, -0.25) is 4.79 Å². The van der Waals surface area contributed by atoms with E-state index in [1.165, 1.54) is 24.3 Å². The van der Waals surface area contributed by atoms with E-state index in [0.717, 1.165) is 24.2 Å². The van der Waals surface area contributed by atoms with Crippen molar-refractivity contribution in [3.63, 3.8) is 0 Å². The van der Waals surface area contributed by atoms with Crippen molar-refractivity contribution in [1.29, 1.82) is 0 Å². The Morgan fingerprint density at radius 3 is 2.75 bits per heavy atom. The van der Waals surface area contributed by atoms with Gasteiger partial charge in [0, 0.05) is 6.54 Å². The van der Waals surface area contributed by atoms with Crippen LogP contribution in [0.4, 0.5) is 4.39 Å². The maximum atomic E-state index is 12.9. The number of hydrogen-bond acceptors (Lipinski definition) is 3. The van der Waals surface area contributed by atoms with E-state index < -0.39 is 0 Å². The van der Waals surface area contributed by atoms with Gasteiger partial charge in [-0.05, 0) is 54.8 Å². The molecule has 24 heavy (non-hydrogen) atoms. The first-order valence-corrected chi connectivity index (χ1v) is 7.99. The van der Waals surface area contributed by atoms with Gasteiger partial charge in [-0.1, -0.05) is 12.1 Å². The molecule has 1 atom stereocenters. The lowest BCUT2D eigenvalue weighted by Crippen LogP contribution is -2.34. The molecule has 1 saturated heterocycles. The van der Waals surface area contributed by atoms with E-state index in [2.05, 4.69) is 0 Å². The number of halogens is 1. The Bertz CT molecular complexity index is 702. The van der Waals surface area contributed by atoms with Crippen LogP contribution in [0.5, 0.6) is 11.5 Å². The second-order valence-corrected chi connectivity index (χ2v) is 5.76. The first-order valence-electron chi connectivity index (χ1n) is 7.99. The lowest BCUT2D eigenvalue weighted by Gasteiger charge is -2.25. The average molecular weight is 329 g/mol. The second-order valence-electron chi connectivity index (χ2n) is 5.76. The molecule has 1 aliphatic heterocycles. The minimum absolute atomic E-state index is 0.0458. The van der Waals surface area contributed by atoms with Crippen LogP contribution in [0.2, 0.25) is 0 Å². The molecule has 2 aromatic rings. The highest BCUT2D eigenvalue weighted by Crippen LogP contribution is 2.33. The molecule has 4 nitrogen and oxygen atoms in total. The van der Waals surface area contributed by atoms with Crippen molar-refractivity contribution in [2.75, 3.05) is 20.3 Å². The number of rotatable bonds is 5. The SMILES string of the molecule is COc1cccc(C2CCCN2C(=O)COc2ccc(F)cc2)c1. The van der Waals surface area contributed by atoms with Crippen LogP contribution in [-0.2, 0) is 4.79 Å². The van der Waals surface area contributed by atoms with Crippen molar-refractivity contribution in [2.45, 2.75) is 18.9 Å². The van der Waals surface area contributed by atoms with Crippen LogP contribution in [0.1, 0.15) is 24.4 Å². The highest BCUT2D eigenvalue weighted by Gasteiger charge is 2.30. The molecular weight excluding hydrogens is 309 g/mol. The van der Waals surface area contributed by atoms with Gasteiger partial charge in [0.25, 0.3) is 5.91 Å². The van der Waals surface area contributed by atoms with Gasteiger partial charge in [0.1, 0.15) is 17.3 Å². The number of carbonyl (C=O) groups excluding carboxylic acids is 1. The minimum atomic E-state index is -0.327. The van der Waals surface area contributed by atoms with E-state index in [4.69, 9.17) is 9.47 Å². The largest absolute Gasteiger partial charge is 0.497 e. The van der Waals surface area contributed by atoms with E-state index >= 15 is 0 Å². The van der Waals surface area contributed by atoms with Crippen LogP contribution in [0.3, 0.4) is 0 Å². The van der Waals surface area contributed by atoms with Gasteiger partial charge in [-0.25, -0.2) is 4.39 Å². The zero-order valence-corrected chi connectivity index (χ0v) is 13.6. The lowest BCUT2D eigenvalue weighted by atomic mass is 10.0. The summed E-state index contributed by atoms with van der Waals surface area (Å²) in [5.41, 5.74) is 1.07. The molecule has 0 radical (unpaired) electrons. The summed E-state index contributed by atoms with van der Waals surface area (Å²) in [4.78, 5) is 14.4. The number of carbonyl (C=O) groups is 1. The van der Waals surface area contributed by atoms with Crippen LogP contribution in [0, 0.1) is 5.82 Å². The monoisotopic (exact) mass is 329 g/mol. The molecule has 0 aromatic heterocycles. The highest BCUT2D eigenvalue weighted by atomic mass is 19.1. The molecule has 3 rings (SSSR count). The van der Waals surface area contributed by atoms with Crippen LogP contribution >= 0.6 is 0 Å². The normalized spacial score (nSPS) is 16.9. The molecule has 1 heterocycles. The maximum Gasteiger partial charge on any atom is 0.261 e. The van der Waals surface area contributed by atoms with E-state index in [1.807, 2.05) is 29.2 Å². The molecule has 1 amide bonds. The zero-order valence-electron chi connectivity index (χ0n) is 13.6. The van der Waals surface area contributed by atoms with Crippen molar-refractivity contribution >= 4 is 5.91 Å². The summed E-state index contributed by atoms with van der Waals surface area (Å²) in [5.74, 6) is 0.882. The van der Waals surface area contributed by atoms with Crippen molar-refractivity contribution in [3.8, 4) is 11.5 Å². The number of likely N-dealkylation sites (tertiary alicyclic amines) is 1. The Morgan fingerprint density at radius 1 is 1.21 bits per heavy atom. The standard InChI is InChI=1S/C19H20FNO3/c1-23-17-5-2-4-14(12-17)18-6-3-11-21(18)19(22)13-24-16-9-7-15(20)8-10-16/h2,4-5,7-10,12,18H,3,6,11,13H2,1H3. The zero-order chi connectivity index (χ0) is 16.9. The molecule has 5 heteroatoms. The van der Waals surface area contributed by atoms with Crippen molar-refractivity contribution in [3.05, 3.63) is 59.9 Å². The van der Waals surface area contributed by atoms with Gasteiger partial charge in [0.15, 0.2) is 6.61 Å². The summed E-state index contributed by atoms with van der Waals surface area (Å²) in [7, 11) is 1.63. The number of hydrogen-bond donors (Lipinski definition) is 0. The molecule has 0 N–H and O–H groups in total. The summed E-state index contributed by atoms with van der Waals surface area (Å²) in [6.07, 6.45) is 1.89. The molecule has 1 fully saturated rings. The van der Waals surface area contributed by atoms with E-state index in [1.54, 1.807) is 7.11 Å². The Morgan fingerprint density at radius 2 is 2.00 bits per heavy atom. The number of methoxy groups -OCH3 is 1. The summed E-state index contributed by atoms with van der Waals surface area (Å²) in [6.45, 7) is 0.666. The first kappa shape index (κ1) is 16.3. The lowest BCUT2D eigenvalue weighted by molar-refractivity contribution is -0.134. The Balaban J connectivity index is 1.65. The average Bonchev–Trinajstić information content (AvgIpc) is 3.11. The molecule has 0 bridgehead atoms. The Kier molecular flexibility index (Phi) is 4.99. The summed E-state index contributed by atoms with van der Waals surface area (Å²) >= 11 is 0. The maximum absolute atomic E-state index is 12.9. The van der Waals surface area contributed by atoms with Gasteiger partial charge in [-0.15, -0.1) is 0 Å². The Labute approximate surface area is 140 Å². The highest BCUT2D eigenvalue weighted by molar-refractivity contribution is 5.78. The molecule has 0 aliphatic carbocycles. The van der Waals surface area contributed by atoms with Crippen molar-refractivity contribution in [2.24, 2.45) is 0 Å². The number of ether oxygens (including phenoxy) is 2. The fourth-order valence-electron chi connectivity index (χ4n) is 3.02. The number of nitrogens with zero attached hydrogens (tertiary/aromatic N) is 1.